The third-order valence-electron chi connectivity index (χ3n) is 6.10. The van der Waals surface area contributed by atoms with Gasteiger partial charge in [-0.1, -0.05) is 32.9 Å². The standard InChI is InChI=1S/C25H32FNO3.ClH/c1-25(2,3)11-13-27-12-10-22(18-4-6-20(26)7-5-18)19(15-27)16-28-21-8-9-23-24(14-21)30-17-29-23;/h4-9,14,19,22H,10-13,15-17H2,1-3H3;1H/t19-,22-;/m0./s1. The zero-order chi connectivity index (χ0) is 21.1. The number of piperidine rings is 1. The van der Waals surface area contributed by atoms with Crippen LogP contribution in [0.25, 0.3) is 0 Å². The number of ether oxygens (including phenoxy) is 3. The molecule has 2 aliphatic rings. The van der Waals surface area contributed by atoms with E-state index in [1.54, 1.807) is 12.1 Å². The Bertz CT molecular complexity index is 853. The van der Waals surface area contributed by atoms with Crippen molar-refractivity contribution in [2.24, 2.45) is 11.3 Å². The molecule has 0 N–H and O–H groups in total. The summed E-state index contributed by atoms with van der Waals surface area (Å²) in [5.74, 6) is 2.81. The molecular formula is C25H33ClFNO3. The van der Waals surface area contributed by atoms with E-state index in [0.29, 0.717) is 23.9 Å². The highest BCUT2D eigenvalue weighted by Crippen LogP contribution is 2.37. The molecule has 170 valence electrons. The number of hydrogen-bond acceptors (Lipinski definition) is 4. The van der Waals surface area contributed by atoms with Crippen molar-refractivity contribution in [3.05, 3.63) is 53.8 Å². The van der Waals surface area contributed by atoms with Crippen LogP contribution < -0.4 is 14.2 Å². The number of benzene rings is 2. The van der Waals surface area contributed by atoms with Crippen LogP contribution in [0.15, 0.2) is 42.5 Å². The van der Waals surface area contributed by atoms with E-state index >= 15 is 0 Å². The average molecular weight is 450 g/mol. The van der Waals surface area contributed by atoms with Gasteiger partial charge in [0.25, 0.3) is 0 Å². The highest BCUT2D eigenvalue weighted by atomic mass is 35.5. The van der Waals surface area contributed by atoms with Gasteiger partial charge in [0, 0.05) is 18.5 Å². The second-order valence-electron chi connectivity index (χ2n) is 9.64. The molecule has 1 saturated heterocycles. The lowest BCUT2D eigenvalue weighted by Crippen LogP contribution is -2.43. The van der Waals surface area contributed by atoms with E-state index in [2.05, 4.69) is 25.7 Å². The molecule has 31 heavy (non-hydrogen) atoms. The molecule has 0 amide bonds. The number of nitrogens with zero attached hydrogens (tertiary/aromatic N) is 1. The predicted octanol–water partition coefficient (Wildman–Crippen LogP) is 5.90. The van der Waals surface area contributed by atoms with Crippen molar-refractivity contribution in [3.63, 3.8) is 0 Å². The number of halogens is 2. The Hall–Kier alpha value is -1.98. The van der Waals surface area contributed by atoms with Crippen molar-refractivity contribution in [3.8, 4) is 17.2 Å². The van der Waals surface area contributed by atoms with Crippen LogP contribution in [0.1, 0.15) is 45.1 Å². The van der Waals surface area contributed by atoms with Gasteiger partial charge in [-0.25, -0.2) is 4.39 Å². The number of fused-ring (bicyclic) bond motifs is 1. The third-order valence-corrected chi connectivity index (χ3v) is 6.10. The molecule has 0 bridgehead atoms. The minimum absolute atomic E-state index is 0. The summed E-state index contributed by atoms with van der Waals surface area (Å²) in [5.41, 5.74) is 1.53. The molecule has 6 heteroatoms. The van der Waals surface area contributed by atoms with E-state index < -0.39 is 0 Å². The summed E-state index contributed by atoms with van der Waals surface area (Å²) in [6.07, 6.45) is 2.23. The molecule has 0 unspecified atom stereocenters. The molecule has 2 atom stereocenters. The van der Waals surface area contributed by atoms with Gasteiger partial charge in [-0.05, 0) is 67.1 Å². The summed E-state index contributed by atoms with van der Waals surface area (Å²) in [7, 11) is 0. The van der Waals surface area contributed by atoms with Gasteiger partial charge in [-0.15, -0.1) is 12.4 Å². The van der Waals surface area contributed by atoms with Crippen molar-refractivity contribution in [2.75, 3.05) is 33.0 Å². The minimum atomic E-state index is -0.186. The number of rotatable bonds is 6. The maximum Gasteiger partial charge on any atom is 0.231 e. The average Bonchev–Trinajstić information content (AvgIpc) is 3.19. The molecule has 2 aliphatic heterocycles. The molecule has 0 aromatic heterocycles. The summed E-state index contributed by atoms with van der Waals surface area (Å²) < 4.78 is 30.5. The second kappa shape index (κ2) is 10.1. The van der Waals surface area contributed by atoms with E-state index in [1.807, 2.05) is 30.3 Å². The highest BCUT2D eigenvalue weighted by Gasteiger charge is 2.31. The predicted molar refractivity (Wildman–Crippen MR) is 123 cm³/mol. The van der Waals surface area contributed by atoms with Crippen LogP contribution in [0.5, 0.6) is 17.2 Å². The fraction of sp³-hybridized carbons (Fsp3) is 0.520. The van der Waals surface area contributed by atoms with Crippen LogP contribution in [-0.4, -0.2) is 37.9 Å². The van der Waals surface area contributed by atoms with Gasteiger partial charge >= 0.3 is 0 Å². The zero-order valence-corrected chi connectivity index (χ0v) is 19.4. The molecule has 0 saturated carbocycles. The Labute approximate surface area is 191 Å². The molecule has 0 spiro atoms. The van der Waals surface area contributed by atoms with Crippen molar-refractivity contribution in [1.29, 1.82) is 0 Å². The molecule has 4 nitrogen and oxygen atoms in total. The first-order valence-corrected chi connectivity index (χ1v) is 10.9. The Kier molecular flexibility index (Phi) is 7.71. The quantitative estimate of drug-likeness (QED) is 0.549. The molecule has 2 aromatic rings. The molecular weight excluding hydrogens is 417 g/mol. The molecule has 2 heterocycles. The number of hydrogen-bond donors (Lipinski definition) is 0. The topological polar surface area (TPSA) is 30.9 Å². The molecule has 2 aromatic carbocycles. The molecule has 1 fully saturated rings. The fourth-order valence-corrected chi connectivity index (χ4v) is 4.29. The highest BCUT2D eigenvalue weighted by molar-refractivity contribution is 5.85. The van der Waals surface area contributed by atoms with Gasteiger partial charge in [0.2, 0.25) is 6.79 Å². The van der Waals surface area contributed by atoms with Crippen LogP contribution in [0.4, 0.5) is 4.39 Å². The van der Waals surface area contributed by atoms with Crippen LogP contribution in [0.2, 0.25) is 0 Å². The lowest BCUT2D eigenvalue weighted by Gasteiger charge is -2.39. The first-order valence-electron chi connectivity index (χ1n) is 10.9. The van der Waals surface area contributed by atoms with E-state index in [1.165, 1.54) is 12.0 Å². The van der Waals surface area contributed by atoms with Crippen LogP contribution >= 0.6 is 12.4 Å². The Morgan fingerprint density at radius 3 is 2.55 bits per heavy atom. The Balaban J connectivity index is 0.00000272. The van der Waals surface area contributed by atoms with Crippen molar-refractivity contribution < 1.29 is 18.6 Å². The van der Waals surface area contributed by atoms with Gasteiger partial charge in [-0.3, -0.25) is 0 Å². The van der Waals surface area contributed by atoms with Gasteiger partial charge in [0.1, 0.15) is 11.6 Å². The first kappa shape index (κ1) is 23.7. The Morgan fingerprint density at radius 1 is 1.06 bits per heavy atom. The molecule has 0 radical (unpaired) electrons. The van der Waals surface area contributed by atoms with E-state index in [4.69, 9.17) is 14.2 Å². The van der Waals surface area contributed by atoms with Crippen molar-refractivity contribution >= 4 is 12.4 Å². The third kappa shape index (κ3) is 6.27. The van der Waals surface area contributed by atoms with Crippen molar-refractivity contribution in [1.82, 2.24) is 4.90 Å². The smallest absolute Gasteiger partial charge is 0.231 e. The van der Waals surface area contributed by atoms with Gasteiger partial charge in [0.05, 0.1) is 6.61 Å². The summed E-state index contributed by atoms with van der Waals surface area (Å²) in [6.45, 7) is 10.9. The second-order valence-corrected chi connectivity index (χ2v) is 9.64. The minimum Gasteiger partial charge on any atom is -0.493 e. The zero-order valence-electron chi connectivity index (χ0n) is 18.6. The normalized spacial score (nSPS) is 20.9. The van der Waals surface area contributed by atoms with Crippen molar-refractivity contribution in [2.45, 2.75) is 39.5 Å². The van der Waals surface area contributed by atoms with Gasteiger partial charge in [-0.2, -0.15) is 0 Å². The Morgan fingerprint density at radius 2 is 1.81 bits per heavy atom. The van der Waals surface area contributed by atoms with Crippen LogP contribution in [0, 0.1) is 17.2 Å². The maximum atomic E-state index is 13.4. The monoisotopic (exact) mass is 449 g/mol. The lowest BCUT2D eigenvalue weighted by molar-refractivity contribution is 0.102. The van der Waals surface area contributed by atoms with Gasteiger partial charge in [0.15, 0.2) is 11.5 Å². The summed E-state index contributed by atoms with van der Waals surface area (Å²) >= 11 is 0. The molecule has 4 rings (SSSR count). The van der Waals surface area contributed by atoms with E-state index in [9.17, 15) is 4.39 Å². The largest absolute Gasteiger partial charge is 0.493 e. The maximum absolute atomic E-state index is 13.4. The van der Waals surface area contributed by atoms with Gasteiger partial charge < -0.3 is 19.1 Å². The molecule has 0 aliphatic carbocycles. The summed E-state index contributed by atoms with van der Waals surface area (Å²) in [5, 5.41) is 0. The number of likely N-dealkylation sites (tertiary alicyclic amines) is 1. The first-order chi connectivity index (χ1) is 14.4. The SMILES string of the molecule is CC(C)(C)CCN1CC[C@@H](c2ccc(F)cc2)[C@H](COc2ccc3c(c2)OCO3)C1.Cl. The van der Waals surface area contributed by atoms with Crippen LogP contribution in [-0.2, 0) is 0 Å². The van der Waals surface area contributed by atoms with E-state index in [0.717, 1.165) is 43.3 Å². The summed E-state index contributed by atoms with van der Waals surface area (Å²) in [4.78, 5) is 2.55. The van der Waals surface area contributed by atoms with Crippen LogP contribution in [0.3, 0.4) is 0 Å². The lowest BCUT2D eigenvalue weighted by atomic mass is 9.80. The van der Waals surface area contributed by atoms with E-state index in [-0.39, 0.29) is 25.0 Å². The fourth-order valence-electron chi connectivity index (χ4n) is 4.29. The summed E-state index contributed by atoms with van der Waals surface area (Å²) in [6, 6.07) is 12.7.